The molecular weight excluding hydrogens is 466 g/mol. The van der Waals surface area contributed by atoms with Crippen molar-refractivity contribution < 1.29 is 9.90 Å². The summed E-state index contributed by atoms with van der Waals surface area (Å²) in [4.78, 5) is 36.0. The van der Waals surface area contributed by atoms with Crippen LogP contribution in [-0.2, 0) is 13.1 Å². The first kappa shape index (κ1) is 24.8. The van der Waals surface area contributed by atoms with E-state index in [4.69, 9.17) is 0 Å². The minimum Gasteiger partial charge on any atom is -0.465 e. The first-order valence-electron chi connectivity index (χ1n) is 12.9. The van der Waals surface area contributed by atoms with E-state index in [1.54, 1.807) is 11.1 Å². The van der Waals surface area contributed by atoms with E-state index in [0.717, 1.165) is 49.1 Å². The number of nitrogens with zero attached hydrogens (tertiary/aromatic N) is 4. The lowest BCUT2D eigenvalue weighted by atomic mass is 9.93. The van der Waals surface area contributed by atoms with Gasteiger partial charge in [0.2, 0.25) is 0 Å². The Morgan fingerprint density at radius 1 is 1.03 bits per heavy atom. The van der Waals surface area contributed by atoms with Crippen molar-refractivity contribution in [3.05, 3.63) is 101 Å². The molecule has 2 N–H and O–H groups in total. The molecule has 3 heterocycles. The van der Waals surface area contributed by atoms with Crippen LogP contribution in [-0.4, -0.2) is 54.7 Å². The smallest absolute Gasteiger partial charge is 0.407 e. The Balaban J connectivity index is 1.28. The lowest BCUT2D eigenvalue weighted by Crippen LogP contribution is -2.47. The Hall–Kier alpha value is -3.91. The van der Waals surface area contributed by atoms with Crippen LogP contribution in [0.5, 0.6) is 0 Å². The van der Waals surface area contributed by atoms with E-state index in [2.05, 4.69) is 45.2 Å². The number of pyridine rings is 1. The lowest BCUT2D eigenvalue weighted by Gasteiger charge is -2.38. The number of aromatic amines is 1. The van der Waals surface area contributed by atoms with Crippen molar-refractivity contribution in [2.45, 2.75) is 50.9 Å². The number of piperidine rings is 1. The number of H-pyrrole nitrogens is 1. The zero-order valence-electron chi connectivity index (χ0n) is 20.9. The molecule has 8 heteroatoms. The van der Waals surface area contributed by atoms with E-state index in [-0.39, 0.29) is 17.8 Å². The third kappa shape index (κ3) is 5.91. The number of benzene rings is 2. The molecule has 0 saturated carbocycles. The number of aromatic nitrogens is 3. The predicted octanol–water partition coefficient (Wildman–Crippen LogP) is 4.89. The quantitative estimate of drug-likeness (QED) is 0.342. The van der Waals surface area contributed by atoms with Gasteiger partial charge in [-0.2, -0.15) is 0 Å². The highest BCUT2D eigenvalue weighted by atomic mass is 16.4. The summed E-state index contributed by atoms with van der Waals surface area (Å²) in [6.45, 7) is 2.87. The van der Waals surface area contributed by atoms with E-state index in [9.17, 15) is 14.7 Å². The molecule has 4 aromatic rings. The maximum atomic E-state index is 12.8. The van der Waals surface area contributed by atoms with Crippen LogP contribution in [0.2, 0.25) is 0 Å². The van der Waals surface area contributed by atoms with Gasteiger partial charge in [0.1, 0.15) is 0 Å². The number of fused-ring (bicyclic) bond motifs is 1. The molecule has 0 aliphatic carbocycles. The highest BCUT2D eigenvalue weighted by Crippen LogP contribution is 2.31. The summed E-state index contributed by atoms with van der Waals surface area (Å²) < 4.78 is 1.83. The zero-order chi connectivity index (χ0) is 25.6. The normalized spacial score (nSPS) is 17.9. The van der Waals surface area contributed by atoms with Crippen molar-refractivity contribution >= 4 is 17.1 Å². The highest BCUT2D eigenvalue weighted by Gasteiger charge is 2.33. The van der Waals surface area contributed by atoms with Gasteiger partial charge in [-0.25, -0.2) is 9.59 Å². The van der Waals surface area contributed by atoms with E-state index < -0.39 is 6.09 Å². The third-order valence-corrected chi connectivity index (χ3v) is 7.31. The van der Waals surface area contributed by atoms with Gasteiger partial charge in [-0.15, -0.1) is 0 Å². The van der Waals surface area contributed by atoms with Crippen molar-refractivity contribution in [2.75, 3.05) is 13.1 Å². The molecular formula is C29H33N5O3. The molecule has 192 valence electrons. The minimum atomic E-state index is -0.883. The second-order valence-electron chi connectivity index (χ2n) is 9.83. The van der Waals surface area contributed by atoms with Crippen LogP contribution in [0.1, 0.15) is 42.9 Å². The van der Waals surface area contributed by atoms with Gasteiger partial charge < -0.3 is 15.0 Å². The van der Waals surface area contributed by atoms with E-state index in [1.807, 2.05) is 47.2 Å². The number of hydrogen-bond donors (Lipinski definition) is 2. The maximum absolute atomic E-state index is 12.8. The number of carbonyl (C=O) groups is 1. The van der Waals surface area contributed by atoms with Crippen LogP contribution < -0.4 is 5.69 Å². The lowest BCUT2D eigenvalue weighted by molar-refractivity contribution is 0.0853. The van der Waals surface area contributed by atoms with Crippen molar-refractivity contribution in [2.24, 2.45) is 0 Å². The third-order valence-electron chi connectivity index (χ3n) is 7.31. The fourth-order valence-corrected chi connectivity index (χ4v) is 5.58. The molecule has 1 fully saturated rings. The zero-order valence-corrected chi connectivity index (χ0v) is 20.9. The molecule has 1 aliphatic rings. The van der Waals surface area contributed by atoms with Crippen molar-refractivity contribution in [3.8, 4) is 0 Å². The average molecular weight is 500 g/mol. The monoisotopic (exact) mass is 499 g/mol. The Kier molecular flexibility index (Phi) is 7.65. The number of nitrogens with one attached hydrogen (secondary N) is 1. The molecule has 2 aromatic carbocycles. The molecule has 1 aliphatic heterocycles. The van der Waals surface area contributed by atoms with Crippen LogP contribution in [0.25, 0.3) is 11.0 Å². The molecule has 2 unspecified atom stereocenters. The van der Waals surface area contributed by atoms with Crippen LogP contribution >= 0.6 is 0 Å². The van der Waals surface area contributed by atoms with Gasteiger partial charge in [-0.1, -0.05) is 48.5 Å². The molecule has 8 nitrogen and oxygen atoms in total. The Morgan fingerprint density at radius 3 is 2.57 bits per heavy atom. The van der Waals surface area contributed by atoms with E-state index in [1.165, 1.54) is 5.56 Å². The number of amides is 1. The predicted molar refractivity (Wildman–Crippen MR) is 143 cm³/mol. The topological polar surface area (TPSA) is 94.5 Å². The number of rotatable bonds is 9. The fraction of sp³-hybridized carbons (Fsp3) is 0.345. The maximum Gasteiger partial charge on any atom is 0.407 e. The summed E-state index contributed by atoms with van der Waals surface area (Å²) in [6.07, 6.45) is 5.67. The molecule has 5 rings (SSSR count). The Morgan fingerprint density at radius 2 is 1.78 bits per heavy atom. The van der Waals surface area contributed by atoms with E-state index in [0.29, 0.717) is 19.4 Å². The second kappa shape index (κ2) is 11.4. The van der Waals surface area contributed by atoms with Gasteiger partial charge in [0.05, 0.1) is 11.0 Å². The van der Waals surface area contributed by atoms with Gasteiger partial charge in [0.25, 0.3) is 0 Å². The van der Waals surface area contributed by atoms with Crippen molar-refractivity contribution in [1.82, 2.24) is 24.3 Å². The molecule has 0 radical (unpaired) electrons. The number of hydrogen-bond acceptors (Lipinski definition) is 4. The van der Waals surface area contributed by atoms with Gasteiger partial charge >= 0.3 is 11.8 Å². The van der Waals surface area contributed by atoms with Crippen LogP contribution in [0.15, 0.2) is 83.9 Å². The summed E-state index contributed by atoms with van der Waals surface area (Å²) in [6, 6.07) is 22.0. The summed E-state index contributed by atoms with van der Waals surface area (Å²) in [7, 11) is 0. The van der Waals surface area contributed by atoms with E-state index >= 15 is 0 Å². The molecule has 37 heavy (non-hydrogen) atoms. The minimum absolute atomic E-state index is 0.0277. The van der Waals surface area contributed by atoms with Crippen LogP contribution in [0, 0.1) is 0 Å². The summed E-state index contributed by atoms with van der Waals surface area (Å²) in [5.41, 5.74) is 3.97. The van der Waals surface area contributed by atoms with Gasteiger partial charge in [-0.05, 0) is 61.6 Å². The Labute approximate surface area is 216 Å². The standard InChI is InChI=1S/C29H33N5O3/c35-28-31-26-12-4-5-13-27(26)34(28)25-14-17-33(29(36)37)24(18-25)11-7-16-32(20-22-8-2-1-3-9-22)21-23-10-6-15-30-19-23/h1-6,8-10,12-13,15,19,24-25H,7,11,14,16-18,20-21H2,(H,31,35)(H,36,37). The Bertz CT molecular complexity index is 1330. The molecule has 1 saturated heterocycles. The van der Waals surface area contributed by atoms with Crippen molar-refractivity contribution in [3.63, 3.8) is 0 Å². The fourth-order valence-electron chi connectivity index (χ4n) is 5.58. The molecule has 1 amide bonds. The molecule has 2 atom stereocenters. The summed E-state index contributed by atoms with van der Waals surface area (Å²) >= 11 is 0. The van der Waals surface area contributed by atoms with Crippen molar-refractivity contribution in [1.29, 1.82) is 0 Å². The van der Waals surface area contributed by atoms with Gasteiger partial charge in [0.15, 0.2) is 0 Å². The molecule has 0 spiro atoms. The number of imidazole rings is 1. The van der Waals surface area contributed by atoms with Gasteiger partial charge in [-0.3, -0.25) is 14.5 Å². The van der Waals surface area contributed by atoms with Crippen LogP contribution in [0.4, 0.5) is 4.79 Å². The highest BCUT2D eigenvalue weighted by molar-refractivity contribution is 5.75. The largest absolute Gasteiger partial charge is 0.465 e. The number of likely N-dealkylation sites (tertiary alicyclic amines) is 1. The first-order chi connectivity index (χ1) is 18.1. The summed E-state index contributed by atoms with van der Waals surface area (Å²) in [5.74, 6) is 0. The molecule has 0 bridgehead atoms. The average Bonchev–Trinajstić information content (AvgIpc) is 3.25. The number of carboxylic acid groups (broad SMARTS) is 1. The second-order valence-corrected chi connectivity index (χ2v) is 9.83. The SMILES string of the molecule is O=C(O)N1CCC(n2c(=O)[nH]c3ccccc32)CC1CCCN(Cc1ccccc1)Cc1cccnc1. The first-order valence-corrected chi connectivity index (χ1v) is 12.9. The van der Waals surface area contributed by atoms with Crippen LogP contribution in [0.3, 0.4) is 0 Å². The summed E-state index contributed by atoms with van der Waals surface area (Å²) in [5, 5.41) is 9.88. The van der Waals surface area contributed by atoms with Gasteiger partial charge in [0, 0.05) is 44.1 Å². The molecule has 2 aromatic heterocycles. The number of para-hydroxylation sites is 2.